The van der Waals surface area contributed by atoms with Gasteiger partial charge < -0.3 is 18.9 Å². The summed E-state index contributed by atoms with van der Waals surface area (Å²) in [6.45, 7) is 2.05. The molecule has 2 aromatic carbocycles. The van der Waals surface area contributed by atoms with E-state index in [4.69, 9.17) is 21.1 Å². The van der Waals surface area contributed by atoms with E-state index in [0.29, 0.717) is 31.6 Å². The molecule has 36 heavy (non-hydrogen) atoms. The van der Waals surface area contributed by atoms with Gasteiger partial charge in [-0.2, -0.15) is 13.2 Å². The lowest BCUT2D eigenvalue weighted by Crippen LogP contribution is -2.42. The molecule has 0 atom stereocenters. The smallest absolute Gasteiger partial charge is 0.392 e. The number of ether oxygens (including phenoxy) is 2. The van der Waals surface area contributed by atoms with E-state index in [1.807, 2.05) is 0 Å². The van der Waals surface area contributed by atoms with Crippen molar-refractivity contribution in [3.8, 4) is 17.0 Å². The maximum absolute atomic E-state index is 14.4. The molecule has 0 unspecified atom stereocenters. The molecule has 3 aromatic rings. The second-order valence-corrected chi connectivity index (χ2v) is 9.08. The summed E-state index contributed by atoms with van der Waals surface area (Å²) in [6, 6.07) is 12.0. The van der Waals surface area contributed by atoms with E-state index >= 15 is 0 Å². The molecule has 0 N–H and O–H groups in total. The highest BCUT2D eigenvalue weighted by Crippen LogP contribution is 2.45. The fourth-order valence-electron chi connectivity index (χ4n) is 4.47. The predicted octanol–water partition coefficient (Wildman–Crippen LogP) is 6.93. The van der Waals surface area contributed by atoms with Gasteiger partial charge in [-0.3, -0.25) is 0 Å². The van der Waals surface area contributed by atoms with Crippen molar-refractivity contribution < 1.29 is 31.8 Å². The van der Waals surface area contributed by atoms with Crippen LogP contribution in [0.3, 0.4) is 0 Å². The second-order valence-electron chi connectivity index (χ2n) is 8.67. The maximum Gasteiger partial charge on any atom is 0.431 e. The van der Waals surface area contributed by atoms with Gasteiger partial charge in [0.1, 0.15) is 11.5 Å². The normalized spacial score (nSPS) is 14.6. The molecule has 1 amide bonds. The van der Waals surface area contributed by atoms with Gasteiger partial charge in [-0.05, 0) is 48.6 Å². The number of amides is 1. The summed E-state index contributed by atoms with van der Waals surface area (Å²) in [5.41, 5.74) is -0.311. The predicted molar refractivity (Wildman–Crippen MR) is 128 cm³/mol. The number of benzene rings is 2. The highest BCUT2D eigenvalue weighted by Gasteiger charge is 2.41. The Hall–Kier alpha value is -3.04. The summed E-state index contributed by atoms with van der Waals surface area (Å²) >= 11 is 5.96. The minimum absolute atomic E-state index is 0.0221. The van der Waals surface area contributed by atoms with E-state index in [-0.39, 0.29) is 40.2 Å². The zero-order chi connectivity index (χ0) is 26.0. The SMILES string of the molecule is Cc1c(-c2ccc(F)c(Cl)c2)c(OC(=O)N(C)C2CCOCC2)n(Cc2ccccc2)c1C(F)(F)F. The Morgan fingerprint density at radius 2 is 1.83 bits per heavy atom. The van der Waals surface area contributed by atoms with Gasteiger partial charge in [0.25, 0.3) is 0 Å². The van der Waals surface area contributed by atoms with E-state index in [0.717, 1.165) is 10.6 Å². The van der Waals surface area contributed by atoms with Crippen LogP contribution in [0.4, 0.5) is 22.4 Å². The number of alkyl halides is 3. The molecule has 5 nitrogen and oxygen atoms in total. The van der Waals surface area contributed by atoms with E-state index < -0.39 is 23.8 Å². The summed E-state index contributed by atoms with van der Waals surface area (Å²) in [7, 11) is 1.55. The van der Waals surface area contributed by atoms with Crippen LogP contribution < -0.4 is 4.74 Å². The molecule has 1 fully saturated rings. The Morgan fingerprint density at radius 3 is 2.44 bits per heavy atom. The van der Waals surface area contributed by atoms with Crippen LogP contribution in [0.5, 0.6) is 5.88 Å². The van der Waals surface area contributed by atoms with Crippen LogP contribution in [0.15, 0.2) is 48.5 Å². The van der Waals surface area contributed by atoms with Gasteiger partial charge in [0.2, 0.25) is 5.88 Å². The molecule has 1 saturated heterocycles. The molecule has 0 radical (unpaired) electrons. The van der Waals surface area contributed by atoms with Crippen molar-refractivity contribution in [3.05, 3.63) is 76.2 Å². The molecule has 1 aliphatic rings. The number of hydrogen-bond acceptors (Lipinski definition) is 3. The van der Waals surface area contributed by atoms with Gasteiger partial charge in [-0.1, -0.05) is 48.0 Å². The largest absolute Gasteiger partial charge is 0.431 e. The highest BCUT2D eigenvalue weighted by atomic mass is 35.5. The number of aromatic nitrogens is 1. The first-order valence-corrected chi connectivity index (χ1v) is 11.8. The number of rotatable bonds is 5. The molecule has 1 aliphatic heterocycles. The zero-order valence-electron chi connectivity index (χ0n) is 19.7. The molecule has 1 aromatic heterocycles. The number of hydrogen-bond donors (Lipinski definition) is 0. The quantitative estimate of drug-likeness (QED) is 0.340. The van der Waals surface area contributed by atoms with E-state index in [9.17, 15) is 22.4 Å². The third kappa shape index (κ3) is 5.37. The summed E-state index contributed by atoms with van der Waals surface area (Å²) in [6.07, 6.45) is -4.38. The third-order valence-corrected chi connectivity index (χ3v) is 6.62. The second kappa shape index (κ2) is 10.5. The molecule has 2 heterocycles. The van der Waals surface area contributed by atoms with Crippen LogP contribution in [0, 0.1) is 12.7 Å². The van der Waals surface area contributed by atoms with Gasteiger partial charge in [0.05, 0.1) is 11.6 Å². The van der Waals surface area contributed by atoms with Crippen molar-refractivity contribution in [3.63, 3.8) is 0 Å². The van der Waals surface area contributed by atoms with Crippen molar-refractivity contribution in [2.75, 3.05) is 20.3 Å². The average molecular weight is 525 g/mol. The van der Waals surface area contributed by atoms with Crippen LogP contribution in [-0.4, -0.2) is 41.9 Å². The first kappa shape index (κ1) is 26.0. The molecule has 10 heteroatoms. The van der Waals surface area contributed by atoms with Crippen LogP contribution in [0.1, 0.15) is 29.7 Å². The summed E-state index contributed by atoms with van der Waals surface area (Å²) in [4.78, 5) is 14.6. The molecule has 0 saturated carbocycles. The molecular formula is C26H25ClF4N2O3. The Labute approximate surface area is 211 Å². The van der Waals surface area contributed by atoms with Crippen molar-refractivity contribution >= 4 is 17.7 Å². The third-order valence-electron chi connectivity index (χ3n) is 6.33. The highest BCUT2D eigenvalue weighted by molar-refractivity contribution is 6.31. The average Bonchev–Trinajstić information content (AvgIpc) is 3.12. The Bertz CT molecular complexity index is 1240. The van der Waals surface area contributed by atoms with Crippen LogP contribution in [0.25, 0.3) is 11.1 Å². The van der Waals surface area contributed by atoms with Crippen LogP contribution >= 0.6 is 11.6 Å². The van der Waals surface area contributed by atoms with E-state index in [1.54, 1.807) is 37.4 Å². The van der Waals surface area contributed by atoms with Crippen LogP contribution in [-0.2, 0) is 17.5 Å². The summed E-state index contributed by atoms with van der Waals surface area (Å²) < 4.78 is 69.0. The Kier molecular flexibility index (Phi) is 7.61. The molecule has 4 rings (SSSR count). The minimum Gasteiger partial charge on any atom is -0.392 e. The first-order valence-electron chi connectivity index (χ1n) is 11.4. The van der Waals surface area contributed by atoms with Crippen molar-refractivity contribution in [2.45, 2.75) is 38.5 Å². The topological polar surface area (TPSA) is 43.7 Å². The standard InChI is InChI=1S/C26H25ClF4N2O3/c1-16-22(18-8-9-21(28)20(27)14-18)24(36-25(34)32(2)19-10-12-35-13-11-19)33(23(16)26(29,30)31)15-17-6-4-3-5-7-17/h3-9,14,19H,10-13,15H2,1-2H3. The zero-order valence-corrected chi connectivity index (χ0v) is 20.5. The molecule has 0 bridgehead atoms. The number of nitrogens with zero attached hydrogens (tertiary/aromatic N) is 2. The number of halogens is 5. The number of carbonyl (C=O) groups excluding carboxylic acids is 1. The van der Waals surface area contributed by atoms with E-state index in [2.05, 4.69) is 0 Å². The molecule has 0 aliphatic carbocycles. The molecular weight excluding hydrogens is 500 g/mol. The minimum atomic E-state index is -4.76. The lowest BCUT2D eigenvalue weighted by atomic mass is 10.0. The van der Waals surface area contributed by atoms with Gasteiger partial charge in [0, 0.05) is 31.9 Å². The van der Waals surface area contributed by atoms with Crippen LogP contribution in [0.2, 0.25) is 5.02 Å². The van der Waals surface area contributed by atoms with Crippen molar-refractivity contribution in [1.29, 1.82) is 0 Å². The maximum atomic E-state index is 14.4. The van der Waals surface area contributed by atoms with Gasteiger partial charge in [0.15, 0.2) is 0 Å². The van der Waals surface area contributed by atoms with E-state index in [1.165, 1.54) is 24.0 Å². The number of carbonyl (C=O) groups is 1. The van der Waals surface area contributed by atoms with Crippen molar-refractivity contribution in [1.82, 2.24) is 9.47 Å². The lowest BCUT2D eigenvalue weighted by Gasteiger charge is -2.30. The Balaban J connectivity index is 1.87. The molecule has 192 valence electrons. The van der Waals surface area contributed by atoms with Gasteiger partial charge in [-0.15, -0.1) is 0 Å². The van der Waals surface area contributed by atoms with Gasteiger partial charge >= 0.3 is 12.3 Å². The van der Waals surface area contributed by atoms with Gasteiger partial charge in [-0.25, -0.2) is 9.18 Å². The fraction of sp³-hybridized carbons (Fsp3) is 0.346. The van der Waals surface area contributed by atoms with Crippen molar-refractivity contribution in [2.24, 2.45) is 0 Å². The monoisotopic (exact) mass is 524 g/mol. The Morgan fingerprint density at radius 1 is 1.17 bits per heavy atom. The lowest BCUT2D eigenvalue weighted by molar-refractivity contribution is -0.144. The first-order chi connectivity index (χ1) is 17.1. The molecule has 0 spiro atoms. The summed E-state index contributed by atoms with van der Waals surface area (Å²) in [5.74, 6) is -0.995. The fourth-order valence-corrected chi connectivity index (χ4v) is 4.65. The summed E-state index contributed by atoms with van der Waals surface area (Å²) in [5, 5.41) is -0.257.